The number of rotatable bonds is 7. The Morgan fingerprint density at radius 2 is 1.88 bits per heavy atom. The highest BCUT2D eigenvalue weighted by Gasteiger charge is 2.21. The minimum Gasteiger partial charge on any atom is -0.478 e. The van der Waals surface area contributed by atoms with Crippen molar-refractivity contribution in [2.24, 2.45) is 0 Å². The van der Waals surface area contributed by atoms with Crippen LogP contribution in [0.15, 0.2) is 66.9 Å². The molecule has 3 rings (SSSR count). The molecule has 0 saturated heterocycles. The standard InChI is InChI=1S/C20H20FN3O2/c1-2-17(26-18-11-7-6-10-16(18)21)20(25)23-19-12-13-22-24(19)14-15-8-4-3-5-9-15/h3-13,17H,2,14H2,1H3,(H,23,25)/t17-/m0/s1. The lowest BCUT2D eigenvalue weighted by molar-refractivity contribution is -0.123. The van der Waals surface area contributed by atoms with Gasteiger partial charge in [0.1, 0.15) is 5.82 Å². The topological polar surface area (TPSA) is 56.1 Å². The van der Waals surface area contributed by atoms with Gasteiger partial charge < -0.3 is 10.1 Å². The zero-order valence-electron chi connectivity index (χ0n) is 14.4. The van der Waals surface area contributed by atoms with Gasteiger partial charge >= 0.3 is 0 Å². The van der Waals surface area contributed by atoms with Crippen LogP contribution in [0.1, 0.15) is 18.9 Å². The predicted molar refractivity (Wildman–Crippen MR) is 97.5 cm³/mol. The van der Waals surface area contributed by atoms with Crippen LogP contribution < -0.4 is 10.1 Å². The molecule has 0 bridgehead atoms. The van der Waals surface area contributed by atoms with Gasteiger partial charge in [-0.1, -0.05) is 49.4 Å². The summed E-state index contributed by atoms with van der Waals surface area (Å²) >= 11 is 0. The molecule has 0 aliphatic rings. The summed E-state index contributed by atoms with van der Waals surface area (Å²) in [6.45, 7) is 2.35. The summed E-state index contributed by atoms with van der Waals surface area (Å²) < 4.78 is 21.0. The fraction of sp³-hybridized carbons (Fsp3) is 0.200. The fourth-order valence-electron chi connectivity index (χ4n) is 2.54. The molecule has 26 heavy (non-hydrogen) atoms. The van der Waals surface area contributed by atoms with Crippen LogP contribution >= 0.6 is 0 Å². The number of nitrogens with zero attached hydrogens (tertiary/aromatic N) is 2. The Hall–Kier alpha value is -3.15. The number of aromatic nitrogens is 2. The SMILES string of the molecule is CC[C@H](Oc1ccccc1F)C(=O)Nc1ccnn1Cc1ccccc1. The first-order valence-corrected chi connectivity index (χ1v) is 8.45. The van der Waals surface area contributed by atoms with Gasteiger partial charge in [-0.05, 0) is 24.1 Å². The number of carbonyl (C=O) groups is 1. The largest absolute Gasteiger partial charge is 0.478 e. The van der Waals surface area contributed by atoms with Crippen LogP contribution in [0.3, 0.4) is 0 Å². The van der Waals surface area contributed by atoms with E-state index in [1.807, 2.05) is 37.3 Å². The minimum absolute atomic E-state index is 0.0623. The molecule has 1 amide bonds. The number of ether oxygens (including phenoxy) is 1. The van der Waals surface area contributed by atoms with Gasteiger partial charge in [-0.15, -0.1) is 0 Å². The summed E-state index contributed by atoms with van der Waals surface area (Å²) in [5, 5.41) is 7.06. The van der Waals surface area contributed by atoms with Gasteiger partial charge in [0.05, 0.1) is 12.7 Å². The lowest BCUT2D eigenvalue weighted by atomic mass is 10.2. The van der Waals surface area contributed by atoms with Gasteiger partial charge in [0.25, 0.3) is 5.91 Å². The molecule has 1 atom stereocenters. The fourth-order valence-corrected chi connectivity index (χ4v) is 2.54. The zero-order valence-corrected chi connectivity index (χ0v) is 14.4. The molecule has 5 nitrogen and oxygen atoms in total. The maximum atomic E-state index is 13.8. The molecule has 0 unspecified atom stereocenters. The Kier molecular flexibility index (Phi) is 5.63. The van der Waals surface area contributed by atoms with Crippen molar-refractivity contribution >= 4 is 11.7 Å². The second-order valence-corrected chi connectivity index (χ2v) is 5.79. The van der Waals surface area contributed by atoms with Crippen molar-refractivity contribution in [3.05, 3.63) is 78.2 Å². The third-order valence-corrected chi connectivity index (χ3v) is 3.91. The molecular weight excluding hydrogens is 333 g/mol. The lowest BCUT2D eigenvalue weighted by Crippen LogP contribution is -2.33. The number of carbonyl (C=O) groups excluding carboxylic acids is 1. The predicted octanol–water partition coefficient (Wildman–Crippen LogP) is 3.87. The third-order valence-electron chi connectivity index (χ3n) is 3.91. The number of anilines is 1. The molecular formula is C20H20FN3O2. The number of amides is 1. The van der Waals surface area contributed by atoms with E-state index in [1.54, 1.807) is 29.1 Å². The molecule has 3 aromatic rings. The van der Waals surface area contributed by atoms with Crippen LogP contribution in [0.4, 0.5) is 10.2 Å². The number of benzene rings is 2. The van der Waals surface area contributed by atoms with Crippen molar-refractivity contribution < 1.29 is 13.9 Å². The first-order chi connectivity index (χ1) is 12.7. The molecule has 0 spiro atoms. The van der Waals surface area contributed by atoms with Crippen LogP contribution in [0.2, 0.25) is 0 Å². The van der Waals surface area contributed by atoms with Gasteiger partial charge in [-0.25, -0.2) is 9.07 Å². The van der Waals surface area contributed by atoms with Gasteiger partial charge in [-0.3, -0.25) is 4.79 Å². The third kappa shape index (κ3) is 4.27. The summed E-state index contributed by atoms with van der Waals surface area (Å²) in [4.78, 5) is 12.6. The summed E-state index contributed by atoms with van der Waals surface area (Å²) in [6.07, 6.45) is 1.23. The Morgan fingerprint density at radius 1 is 1.15 bits per heavy atom. The Labute approximate surface area is 151 Å². The highest BCUT2D eigenvalue weighted by molar-refractivity contribution is 5.93. The molecule has 0 fully saturated rings. The molecule has 0 aliphatic carbocycles. The normalized spacial score (nSPS) is 11.8. The molecule has 1 aromatic heterocycles. The second-order valence-electron chi connectivity index (χ2n) is 5.79. The monoisotopic (exact) mass is 353 g/mol. The maximum Gasteiger partial charge on any atom is 0.266 e. The number of hydrogen-bond donors (Lipinski definition) is 1. The quantitative estimate of drug-likeness (QED) is 0.702. The highest BCUT2D eigenvalue weighted by atomic mass is 19.1. The Balaban J connectivity index is 1.69. The van der Waals surface area contributed by atoms with Crippen molar-refractivity contribution in [3.63, 3.8) is 0 Å². The van der Waals surface area contributed by atoms with Crippen molar-refractivity contribution in [1.82, 2.24) is 9.78 Å². The molecule has 0 radical (unpaired) electrons. The summed E-state index contributed by atoms with van der Waals surface area (Å²) in [7, 11) is 0. The molecule has 0 aliphatic heterocycles. The van der Waals surface area contributed by atoms with Crippen molar-refractivity contribution in [3.8, 4) is 5.75 Å². The molecule has 1 heterocycles. The number of halogens is 1. The van der Waals surface area contributed by atoms with Crippen LogP contribution in [-0.4, -0.2) is 21.8 Å². The summed E-state index contributed by atoms with van der Waals surface area (Å²) in [5.74, 6) is -0.208. The Bertz CT molecular complexity index is 864. The van der Waals surface area contributed by atoms with E-state index in [0.717, 1.165) is 5.56 Å². The van der Waals surface area contributed by atoms with Gasteiger partial charge in [-0.2, -0.15) is 5.10 Å². The van der Waals surface area contributed by atoms with Crippen molar-refractivity contribution in [1.29, 1.82) is 0 Å². The average Bonchev–Trinajstić information content (AvgIpc) is 3.08. The molecule has 2 aromatic carbocycles. The van der Waals surface area contributed by atoms with E-state index >= 15 is 0 Å². The number of nitrogens with one attached hydrogen (secondary N) is 1. The van der Waals surface area contributed by atoms with Crippen LogP contribution in [0, 0.1) is 5.82 Å². The van der Waals surface area contributed by atoms with Crippen LogP contribution in [0.5, 0.6) is 5.75 Å². The minimum atomic E-state index is -0.799. The van der Waals surface area contributed by atoms with Gasteiger partial charge in [0, 0.05) is 6.07 Å². The van der Waals surface area contributed by atoms with Gasteiger partial charge in [0.15, 0.2) is 17.7 Å². The van der Waals surface area contributed by atoms with E-state index in [4.69, 9.17) is 4.74 Å². The van der Waals surface area contributed by atoms with E-state index in [2.05, 4.69) is 10.4 Å². The van der Waals surface area contributed by atoms with E-state index in [9.17, 15) is 9.18 Å². The second kappa shape index (κ2) is 8.29. The van der Waals surface area contributed by atoms with E-state index < -0.39 is 11.9 Å². The van der Waals surface area contributed by atoms with Crippen molar-refractivity contribution in [2.75, 3.05) is 5.32 Å². The van der Waals surface area contributed by atoms with Gasteiger partial charge in [0.2, 0.25) is 0 Å². The molecule has 6 heteroatoms. The van der Waals surface area contributed by atoms with Crippen LogP contribution in [-0.2, 0) is 11.3 Å². The smallest absolute Gasteiger partial charge is 0.266 e. The van der Waals surface area contributed by atoms with E-state index in [1.165, 1.54) is 12.1 Å². The van der Waals surface area contributed by atoms with Crippen LogP contribution in [0.25, 0.3) is 0 Å². The van der Waals surface area contributed by atoms with E-state index in [0.29, 0.717) is 18.8 Å². The number of para-hydroxylation sites is 1. The zero-order chi connectivity index (χ0) is 18.4. The molecule has 0 saturated carbocycles. The Morgan fingerprint density at radius 3 is 2.62 bits per heavy atom. The molecule has 1 N–H and O–H groups in total. The molecule has 134 valence electrons. The summed E-state index contributed by atoms with van der Waals surface area (Å²) in [5.41, 5.74) is 1.07. The highest BCUT2D eigenvalue weighted by Crippen LogP contribution is 2.19. The maximum absolute atomic E-state index is 13.8. The summed E-state index contributed by atoms with van der Waals surface area (Å²) in [6, 6.07) is 17.6. The number of hydrogen-bond acceptors (Lipinski definition) is 3. The first-order valence-electron chi connectivity index (χ1n) is 8.45. The first kappa shape index (κ1) is 17.7. The average molecular weight is 353 g/mol. The lowest BCUT2D eigenvalue weighted by Gasteiger charge is -2.18. The van der Waals surface area contributed by atoms with E-state index in [-0.39, 0.29) is 11.7 Å². The van der Waals surface area contributed by atoms with Crippen molar-refractivity contribution in [2.45, 2.75) is 26.0 Å².